The molecule has 39 heavy (non-hydrogen) atoms. The van der Waals surface area contributed by atoms with E-state index in [4.69, 9.17) is 9.47 Å². The van der Waals surface area contributed by atoms with Gasteiger partial charge in [0.15, 0.2) is 0 Å². The van der Waals surface area contributed by atoms with Crippen LogP contribution in [-0.2, 0) is 29.0 Å². The number of alkyl halides is 3. The number of aromatic nitrogens is 2. The Morgan fingerprint density at radius 2 is 1.87 bits per heavy atom. The van der Waals surface area contributed by atoms with Crippen LogP contribution in [0.2, 0.25) is 0 Å². The molecule has 210 valence electrons. The molecule has 1 heterocycles. The number of anilines is 1. The number of carbonyl (C=O) groups is 1. The molecule has 1 N–H and O–H groups in total. The molecule has 1 atom stereocenters. The van der Waals surface area contributed by atoms with E-state index in [-0.39, 0.29) is 33.7 Å². The van der Waals surface area contributed by atoms with Crippen LogP contribution >= 0.6 is 11.3 Å². The number of hydrogen-bond acceptors (Lipinski definition) is 8. The zero-order chi connectivity index (χ0) is 28.5. The highest BCUT2D eigenvalue weighted by molar-refractivity contribution is 7.93. The van der Waals surface area contributed by atoms with Gasteiger partial charge in [-0.25, -0.2) is 12.7 Å². The Morgan fingerprint density at radius 3 is 2.44 bits per heavy atom. The van der Waals surface area contributed by atoms with Crippen LogP contribution in [0.15, 0.2) is 40.7 Å². The number of fused-ring (bicyclic) bond motifs is 1. The molecule has 0 bridgehead atoms. The number of carbonyl (C=O) groups excluding carboxylic acids is 1. The zero-order valence-corrected chi connectivity index (χ0v) is 23.2. The fraction of sp³-hybridized carbons (Fsp3) is 0.400. The van der Waals surface area contributed by atoms with Crippen molar-refractivity contribution in [1.82, 2.24) is 15.5 Å². The van der Waals surface area contributed by atoms with Crippen molar-refractivity contribution in [3.8, 4) is 11.5 Å². The Bertz CT molecular complexity index is 1460. The van der Waals surface area contributed by atoms with Gasteiger partial charge in [-0.3, -0.25) is 4.79 Å². The average Bonchev–Trinajstić information content (AvgIpc) is 3.51. The molecule has 1 aliphatic rings. The summed E-state index contributed by atoms with van der Waals surface area (Å²) in [5.74, 6) is -0.606. The van der Waals surface area contributed by atoms with E-state index in [2.05, 4.69) is 15.5 Å². The van der Waals surface area contributed by atoms with Crippen molar-refractivity contribution in [2.24, 2.45) is 0 Å². The monoisotopic (exact) mass is 584 g/mol. The minimum Gasteiger partial charge on any atom is -0.495 e. The third-order valence-corrected chi connectivity index (χ3v) is 8.94. The van der Waals surface area contributed by atoms with Gasteiger partial charge < -0.3 is 14.8 Å². The van der Waals surface area contributed by atoms with Crippen molar-refractivity contribution in [1.29, 1.82) is 0 Å². The lowest BCUT2D eigenvalue weighted by Crippen LogP contribution is -2.37. The molecular formula is C25H27F3N4O5S2. The molecule has 0 spiro atoms. The summed E-state index contributed by atoms with van der Waals surface area (Å²) in [5.41, 5.74) is 2.01. The number of sulfonamides is 1. The van der Waals surface area contributed by atoms with Crippen molar-refractivity contribution in [3.05, 3.63) is 58.1 Å². The number of rotatable bonds is 9. The van der Waals surface area contributed by atoms with Gasteiger partial charge in [-0.15, -0.1) is 10.2 Å². The van der Waals surface area contributed by atoms with Gasteiger partial charge >= 0.3 is 6.18 Å². The molecule has 0 saturated carbocycles. The fourth-order valence-corrected chi connectivity index (χ4v) is 7.20. The number of methoxy groups -OCH3 is 1. The number of amides is 1. The van der Waals surface area contributed by atoms with Crippen LogP contribution in [0.5, 0.6) is 11.5 Å². The van der Waals surface area contributed by atoms with Crippen LogP contribution in [0, 0.1) is 0 Å². The first-order chi connectivity index (χ1) is 18.4. The molecule has 1 unspecified atom stereocenters. The second-order valence-electron chi connectivity index (χ2n) is 9.11. The summed E-state index contributed by atoms with van der Waals surface area (Å²) in [6.07, 6.45) is -3.88. The lowest BCUT2D eigenvalue weighted by molar-refractivity contribution is -0.137. The van der Waals surface area contributed by atoms with Crippen LogP contribution < -0.4 is 19.1 Å². The standard InChI is InChI=1S/C25H27F3N4O5S2/c1-5-37-20-12-17(25(26,27)28)6-7-19(20)23(33)30-18-8-15-10-21(36-4)22(11-16(15)9-18)39(34,35)32(14(2)3)24-31-29-13-38-24/h6-7,10-14,18H,5,8-9H2,1-4H3,(H,30,33). The summed E-state index contributed by atoms with van der Waals surface area (Å²) in [6.45, 7) is 5.14. The number of hydrogen-bond donors (Lipinski definition) is 1. The maximum Gasteiger partial charge on any atom is 0.416 e. The molecule has 14 heteroatoms. The van der Waals surface area contributed by atoms with Gasteiger partial charge in [0, 0.05) is 12.1 Å². The predicted molar refractivity (Wildman–Crippen MR) is 139 cm³/mol. The molecule has 3 aromatic rings. The number of nitrogens with one attached hydrogen (secondary N) is 1. The van der Waals surface area contributed by atoms with E-state index in [0.717, 1.165) is 35.1 Å². The van der Waals surface area contributed by atoms with E-state index < -0.39 is 39.8 Å². The number of nitrogens with zero attached hydrogens (tertiary/aromatic N) is 3. The SMILES string of the molecule is CCOc1cc(C(F)(F)F)ccc1C(=O)NC1Cc2cc(OC)c(S(=O)(=O)N(c3nncs3)C(C)C)cc2C1. The van der Waals surface area contributed by atoms with Gasteiger partial charge in [-0.05, 0) is 75.1 Å². The van der Waals surface area contributed by atoms with Gasteiger partial charge in [0.1, 0.15) is 21.9 Å². The third kappa shape index (κ3) is 5.81. The molecular weight excluding hydrogens is 557 g/mol. The quantitative estimate of drug-likeness (QED) is 0.395. The molecule has 9 nitrogen and oxygen atoms in total. The minimum atomic E-state index is -4.58. The van der Waals surface area contributed by atoms with Gasteiger partial charge in [-0.2, -0.15) is 13.2 Å². The van der Waals surface area contributed by atoms with Crippen LogP contribution in [0.1, 0.15) is 47.8 Å². The highest BCUT2D eigenvalue weighted by Gasteiger charge is 2.36. The molecule has 1 aromatic heterocycles. The second-order valence-corrected chi connectivity index (χ2v) is 11.7. The van der Waals surface area contributed by atoms with E-state index in [1.807, 2.05) is 0 Å². The van der Waals surface area contributed by atoms with Crippen molar-refractivity contribution in [2.45, 2.75) is 56.8 Å². The number of benzene rings is 2. The second kappa shape index (κ2) is 11.0. The van der Waals surface area contributed by atoms with E-state index in [1.165, 1.54) is 23.0 Å². The van der Waals surface area contributed by atoms with Gasteiger partial charge in [0.25, 0.3) is 15.9 Å². The Kier molecular flexibility index (Phi) is 8.07. The van der Waals surface area contributed by atoms with Gasteiger partial charge in [0.05, 0.1) is 24.8 Å². The first kappa shape index (κ1) is 28.6. The van der Waals surface area contributed by atoms with Crippen LogP contribution in [-0.4, -0.2) is 50.3 Å². The van der Waals surface area contributed by atoms with Crippen LogP contribution in [0.4, 0.5) is 18.3 Å². The Morgan fingerprint density at radius 1 is 1.18 bits per heavy atom. The first-order valence-corrected chi connectivity index (χ1v) is 14.3. The minimum absolute atomic E-state index is 0.0220. The normalized spacial score (nSPS) is 15.2. The van der Waals surface area contributed by atoms with E-state index in [9.17, 15) is 26.4 Å². The van der Waals surface area contributed by atoms with Gasteiger partial charge in [-0.1, -0.05) is 11.3 Å². The average molecular weight is 585 g/mol. The van der Waals surface area contributed by atoms with Crippen LogP contribution in [0.3, 0.4) is 0 Å². The summed E-state index contributed by atoms with van der Waals surface area (Å²) >= 11 is 1.10. The molecule has 0 fully saturated rings. The zero-order valence-electron chi connectivity index (χ0n) is 21.6. The molecule has 4 rings (SSSR count). The Labute approximate surface area is 228 Å². The van der Waals surface area contributed by atoms with E-state index >= 15 is 0 Å². The van der Waals surface area contributed by atoms with Crippen molar-refractivity contribution >= 4 is 32.4 Å². The topological polar surface area (TPSA) is 111 Å². The summed E-state index contributed by atoms with van der Waals surface area (Å²) in [5, 5.41) is 10.7. The van der Waals surface area contributed by atoms with E-state index in [1.54, 1.807) is 26.8 Å². The summed E-state index contributed by atoms with van der Waals surface area (Å²) in [7, 11) is -2.70. The molecule has 0 aliphatic heterocycles. The number of halogens is 3. The number of ether oxygens (including phenoxy) is 2. The lowest BCUT2D eigenvalue weighted by atomic mass is 10.1. The lowest BCUT2D eigenvalue weighted by Gasteiger charge is -2.26. The maximum atomic E-state index is 13.7. The highest BCUT2D eigenvalue weighted by atomic mass is 32.2. The summed E-state index contributed by atoms with van der Waals surface area (Å²) < 4.78 is 78.8. The van der Waals surface area contributed by atoms with Crippen molar-refractivity contribution in [3.63, 3.8) is 0 Å². The Hall–Kier alpha value is -3.39. The molecule has 0 radical (unpaired) electrons. The smallest absolute Gasteiger partial charge is 0.416 e. The fourth-order valence-electron chi connectivity index (χ4n) is 4.49. The maximum absolute atomic E-state index is 13.7. The highest BCUT2D eigenvalue weighted by Crippen LogP contribution is 2.37. The third-order valence-electron chi connectivity index (χ3n) is 6.15. The summed E-state index contributed by atoms with van der Waals surface area (Å²) in [4.78, 5) is 13.0. The molecule has 1 aliphatic carbocycles. The molecule has 2 aromatic carbocycles. The van der Waals surface area contributed by atoms with Crippen molar-refractivity contribution < 1.29 is 35.9 Å². The predicted octanol–water partition coefficient (Wildman–Crippen LogP) is 4.47. The van der Waals surface area contributed by atoms with E-state index in [0.29, 0.717) is 18.4 Å². The van der Waals surface area contributed by atoms with Crippen LogP contribution in [0.25, 0.3) is 0 Å². The first-order valence-electron chi connectivity index (χ1n) is 12.0. The molecule has 0 saturated heterocycles. The Balaban J connectivity index is 1.60. The van der Waals surface area contributed by atoms with Gasteiger partial charge in [0.2, 0.25) is 5.13 Å². The molecule has 1 amide bonds. The summed E-state index contributed by atoms with van der Waals surface area (Å²) in [6, 6.07) is 5.04. The largest absolute Gasteiger partial charge is 0.495 e. The van der Waals surface area contributed by atoms with Crippen molar-refractivity contribution in [2.75, 3.05) is 18.0 Å².